The Kier molecular flexibility index (Phi) is 4.09. The lowest BCUT2D eigenvalue weighted by atomic mass is 10.0. The van der Waals surface area contributed by atoms with E-state index in [9.17, 15) is 4.79 Å². The second-order valence-corrected chi connectivity index (χ2v) is 7.96. The molecule has 0 radical (unpaired) electrons. The lowest BCUT2D eigenvalue weighted by molar-refractivity contribution is 0.0780. The van der Waals surface area contributed by atoms with Crippen LogP contribution in [-0.2, 0) is 13.0 Å². The number of nitrogens with zero attached hydrogens (tertiary/aromatic N) is 5. The third-order valence-electron chi connectivity index (χ3n) is 4.95. The summed E-state index contributed by atoms with van der Waals surface area (Å²) in [7, 11) is 0. The number of hydrogen-bond acceptors (Lipinski definition) is 6. The summed E-state index contributed by atoms with van der Waals surface area (Å²) in [5.41, 5.74) is 5.54. The van der Waals surface area contributed by atoms with Gasteiger partial charge in [-0.3, -0.25) is 14.8 Å². The number of hydrogen-bond donors (Lipinski definition) is 0. The Hall–Kier alpha value is -3.19. The molecule has 1 amide bonds. The maximum absolute atomic E-state index is 12.9. The SMILES string of the molecule is Cc1nnc(-c2cccc3c2CN(CCc2ccc4ncccc4n2)C3=O)s1. The van der Waals surface area contributed by atoms with Gasteiger partial charge in [-0.1, -0.05) is 23.5 Å². The summed E-state index contributed by atoms with van der Waals surface area (Å²) in [4.78, 5) is 23.7. The third kappa shape index (κ3) is 2.93. The summed E-state index contributed by atoms with van der Waals surface area (Å²) >= 11 is 1.55. The number of aromatic nitrogens is 4. The van der Waals surface area contributed by atoms with Crippen LogP contribution >= 0.6 is 11.3 Å². The molecule has 1 aliphatic rings. The van der Waals surface area contributed by atoms with E-state index < -0.39 is 0 Å². The van der Waals surface area contributed by atoms with Gasteiger partial charge in [0.1, 0.15) is 10.0 Å². The molecule has 1 aliphatic heterocycles. The van der Waals surface area contributed by atoms with Crippen LogP contribution in [0.1, 0.15) is 26.6 Å². The Morgan fingerprint density at radius 3 is 2.79 bits per heavy atom. The number of carbonyl (C=O) groups excluding carboxylic acids is 1. The standard InChI is InChI=1S/C21H17N5OS/c1-13-24-25-20(28-13)15-4-2-5-16-17(15)12-26(21(16)27)11-9-14-7-8-18-19(23-14)6-3-10-22-18/h2-8,10H,9,11-12H2,1H3. The molecule has 0 unspecified atom stereocenters. The summed E-state index contributed by atoms with van der Waals surface area (Å²) < 4.78 is 0. The Bertz CT molecular complexity index is 1200. The van der Waals surface area contributed by atoms with Crippen molar-refractivity contribution >= 4 is 28.3 Å². The highest BCUT2D eigenvalue weighted by atomic mass is 32.1. The van der Waals surface area contributed by atoms with Crippen LogP contribution in [0.15, 0.2) is 48.7 Å². The van der Waals surface area contributed by atoms with Crippen molar-refractivity contribution in [2.45, 2.75) is 19.9 Å². The van der Waals surface area contributed by atoms with E-state index in [2.05, 4.69) is 20.2 Å². The highest BCUT2D eigenvalue weighted by Crippen LogP contribution is 2.34. The zero-order valence-corrected chi connectivity index (χ0v) is 16.1. The number of amides is 1. The Labute approximate surface area is 165 Å². The highest BCUT2D eigenvalue weighted by Gasteiger charge is 2.30. The van der Waals surface area contributed by atoms with Crippen molar-refractivity contribution in [2.24, 2.45) is 0 Å². The Morgan fingerprint density at radius 1 is 1.04 bits per heavy atom. The minimum Gasteiger partial charge on any atom is -0.334 e. The number of carbonyl (C=O) groups is 1. The fourth-order valence-corrected chi connectivity index (χ4v) is 4.31. The summed E-state index contributed by atoms with van der Waals surface area (Å²) in [6.45, 7) is 3.16. The molecule has 0 aliphatic carbocycles. The summed E-state index contributed by atoms with van der Waals surface area (Å²) in [6, 6.07) is 13.6. The van der Waals surface area contributed by atoms with Crippen molar-refractivity contribution < 1.29 is 4.79 Å². The molecule has 28 heavy (non-hydrogen) atoms. The van der Waals surface area contributed by atoms with Crippen molar-refractivity contribution in [1.29, 1.82) is 0 Å². The van der Waals surface area contributed by atoms with Crippen molar-refractivity contribution in [3.63, 3.8) is 0 Å². The van der Waals surface area contributed by atoms with E-state index in [1.54, 1.807) is 17.5 Å². The highest BCUT2D eigenvalue weighted by molar-refractivity contribution is 7.14. The first-order chi connectivity index (χ1) is 13.7. The molecule has 0 N–H and O–H groups in total. The van der Waals surface area contributed by atoms with Gasteiger partial charge in [-0.15, -0.1) is 10.2 Å². The van der Waals surface area contributed by atoms with E-state index in [4.69, 9.17) is 0 Å². The average Bonchev–Trinajstić information content (AvgIpc) is 3.29. The first-order valence-electron chi connectivity index (χ1n) is 9.11. The molecular formula is C21H17N5OS. The van der Waals surface area contributed by atoms with Gasteiger partial charge < -0.3 is 4.90 Å². The van der Waals surface area contributed by atoms with E-state index in [1.807, 2.05) is 54.3 Å². The van der Waals surface area contributed by atoms with Gasteiger partial charge in [-0.05, 0) is 42.8 Å². The second-order valence-electron chi connectivity index (χ2n) is 6.78. The molecule has 138 valence electrons. The van der Waals surface area contributed by atoms with E-state index >= 15 is 0 Å². The second kappa shape index (κ2) is 6.76. The molecule has 0 atom stereocenters. The van der Waals surface area contributed by atoms with Crippen molar-refractivity contribution in [3.8, 4) is 10.6 Å². The minimum absolute atomic E-state index is 0.0699. The van der Waals surface area contributed by atoms with E-state index in [-0.39, 0.29) is 5.91 Å². The summed E-state index contributed by atoms with van der Waals surface area (Å²) in [5, 5.41) is 10.2. The van der Waals surface area contributed by atoms with Gasteiger partial charge in [0, 0.05) is 42.5 Å². The van der Waals surface area contributed by atoms with Crippen molar-refractivity contribution in [3.05, 3.63) is 70.5 Å². The van der Waals surface area contributed by atoms with Crippen LogP contribution in [0.5, 0.6) is 0 Å². The van der Waals surface area contributed by atoms with Crippen LogP contribution in [0, 0.1) is 6.92 Å². The average molecular weight is 387 g/mol. The first kappa shape index (κ1) is 16.9. The van der Waals surface area contributed by atoms with Gasteiger partial charge in [-0.2, -0.15) is 0 Å². The molecule has 0 bridgehead atoms. The summed E-state index contributed by atoms with van der Waals surface area (Å²) in [6.07, 6.45) is 2.47. The molecule has 0 fully saturated rings. The molecule has 7 heteroatoms. The zero-order chi connectivity index (χ0) is 19.1. The predicted octanol–water partition coefficient (Wildman–Crippen LogP) is 3.66. The fourth-order valence-electron chi connectivity index (χ4n) is 3.56. The number of rotatable bonds is 4. The molecule has 0 saturated carbocycles. The number of fused-ring (bicyclic) bond motifs is 2. The van der Waals surface area contributed by atoms with Crippen LogP contribution in [0.25, 0.3) is 21.6 Å². The molecule has 0 saturated heterocycles. The molecular weight excluding hydrogens is 370 g/mol. The van der Waals surface area contributed by atoms with Crippen LogP contribution in [0.4, 0.5) is 0 Å². The maximum Gasteiger partial charge on any atom is 0.254 e. The van der Waals surface area contributed by atoms with Crippen LogP contribution in [-0.4, -0.2) is 37.5 Å². The molecule has 0 spiro atoms. The minimum atomic E-state index is 0.0699. The van der Waals surface area contributed by atoms with Crippen LogP contribution < -0.4 is 0 Å². The van der Waals surface area contributed by atoms with E-state index in [0.29, 0.717) is 19.5 Å². The van der Waals surface area contributed by atoms with Gasteiger partial charge in [0.05, 0.1) is 11.0 Å². The van der Waals surface area contributed by atoms with Crippen molar-refractivity contribution in [2.75, 3.05) is 6.54 Å². The Morgan fingerprint density at radius 2 is 1.93 bits per heavy atom. The van der Waals surface area contributed by atoms with Gasteiger partial charge in [0.15, 0.2) is 0 Å². The van der Waals surface area contributed by atoms with E-state index in [1.165, 1.54) is 0 Å². The van der Waals surface area contributed by atoms with Gasteiger partial charge in [0.25, 0.3) is 5.91 Å². The molecule has 1 aromatic carbocycles. The molecule has 5 rings (SSSR count). The van der Waals surface area contributed by atoms with E-state index in [0.717, 1.165) is 43.4 Å². The van der Waals surface area contributed by atoms with Crippen LogP contribution in [0.2, 0.25) is 0 Å². The summed E-state index contributed by atoms with van der Waals surface area (Å²) in [5.74, 6) is 0.0699. The lowest BCUT2D eigenvalue weighted by Gasteiger charge is -2.15. The van der Waals surface area contributed by atoms with Gasteiger partial charge in [0.2, 0.25) is 0 Å². The van der Waals surface area contributed by atoms with Crippen LogP contribution in [0.3, 0.4) is 0 Å². The predicted molar refractivity (Wildman–Crippen MR) is 108 cm³/mol. The smallest absolute Gasteiger partial charge is 0.254 e. The number of pyridine rings is 2. The zero-order valence-electron chi connectivity index (χ0n) is 15.3. The number of aryl methyl sites for hydroxylation is 1. The van der Waals surface area contributed by atoms with Crippen molar-refractivity contribution in [1.82, 2.24) is 25.1 Å². The largest absolute Gasteiger partial charge is 0.334 e. The first-order valence-corrected chi connectivity index (χ1v) is 9.93. The molecule has 3 aromatic heterocycles. The maximum atomic E-state index is 12.9. The lowest BCUT2D eigenvalue weighted by Crippen LogP contribution is -2.26. The molecule has 4 heterocycles. The monoisotopic (exact) mass is 387 g/mol. The topological polar surface area (TPSA) is 71.9 Å². The number of benzene rings is 1. The molecule has 6 nitrogen and oxygen atoms in total. The Balaban J connectivity index is 1.37. The fraction of sp³-hybridized carbons (Fsp3) is 0.190. The third-order valence-corrected chi connectivity index (χ3v) is 5.82. The quantitative estimate of drug-likeness (QED) is 0.534. The van der Waals surface area contributed by atoms with Gasteiger partial charge >= 0.3 is 0 Å². The molecule has 4 aromatic rings. The normalized spacial score (nSPS) is 13.3. The van der Waals surface area contributed by atoms with Gasteiger partial charge in [-0.25, -0.2) is 0 Å².